The van der Waals surface area contributed by atoms with Crippen LogP contribution in [0.2, 0.25) is 0 Å². The van der Waals surface area contributed by atoms with Crippen molar-refractivity contribution in [1.29, 1.82) is 0 Å². The molecule has 0 spiro atoms. The monoisotopic (exact) mass is 875 g/mol. The molecular weight excluding hydrogens is 827 g/mol. The smallest absolute Gasteiger partial charge is 0.194 e. The minimum Gasteiger partial charge on any atom is -0.310 e. The lowest BCUT2D eigenvalue weighted by Gasteiger charge is -2.55. The van der Waals surface area contributed by atoms with Crippen LogP contribution in [0.15, 0.2) is 206 Å². The third-order valence-corrected chi connectivity index (χ3v) is 19.5. The third kappa shape index (κ3) is 5.76. The van der Waals surface area contributed by atoms with Crippen LogP contribution in [0.1, 0.15) is 27.8 Å². The van der Waals surface area contributed by atoms with Gasteiger partial charge in [0.25, 0.3) is 0 Å². The molecule has 0 amide bonds. The van der Waals surface area contributed by atoms with E-state index in [0.29, 0.717) is 0 Å². The van der Waals surface area contributed by atoms with E-state index >= 15 is 0 Å². The first-order valence-corrected chi connectivity index (χ1v) is 25.5. The molecule has 3 nitrogen and oxygen atoms in total. The van der Waals surface area contributed by atoms with Gasteiger partial charge in [0.2, 0.25) is 0 Å². The number of hydrogen-bond donors (Lipinski definition) is 0. The Morgan fingerprint density at radius 2 is 0.701 bits per heavy atom. The number of rotatable bonds is 6. The maximum Gasteiger partial charge on any atom is 0.194 e. The van der Waals surface area contributed by atoms with Crippen molar-refractivity contribution in [3.63, 3.8) is 0 Å². The summed E-state index contributed by atoms with van der Waals surface area (Å²) < 4.78 is 0. The molecule has 3 heterocycles. The molecule has 0 radical (unpaired) electrons. The second kappa shape index (κ2) is 14.8. The summed E-state index contributed by atoms with van der Waals surface area (Å²) in [6.45, 7) is 11.2. The van der Waals surface area contributed by atoms with Crippen molar-refractivity contribution in [3.8, 4) is 22.3 Å². The molecule has 0 unspecified atom stereocenters. The zero-order valence-corrected chi connectivity index (χ0v) is 39.5. The molecular formula is C63H49N3Si. The van der Waals surface area contributed by atoms with Gasteiger partial charge in [-0.05, 0) is 157 Å². The first-order chi connectivity index (χ1) is 32.8. The van der Waals surface area contributed by atoms with Gasteiger partial charge >= 0.3 is 0 Å². The summed E-state index contributed by atoms with van der Waals surface area (Å²) in [7, 11) is -3.14. The molecule has 3 aliphatic rings. The van der Waals surface area contributed by atoms with Crippen molar-refractivity contribution in [1.82, 2.24) is 0 Å². The molecule has 10 aromatic carbocycles. The van der Waals surface area contributed by atoms with Gasteiger partial charge in [0.15, 0.2) is 8.07 Å². The highest BCUT2D eigenvalue weighted by atomic mass is 28.3. The highest BCUT2D eigenvalue weighted by Crippen LogP contribution is 2.54. The molecule has 13 rings (SSSR count). The summed E-state index contributed by atoms with van der Waals surface area (Å²) in [5.41, 5.74) is 22.2. The van der Waals surface area contributed by atoms with Gasteiger partial charge in [-0.15, -0.1) is 0 Å². The largest absolute Gasteiger partial charge is 0.310 e. The van der Waals surface area contributed by atoms with E-state index in [2.05, 4.69) is 256 Å². The third-order valence-electron chi connectivity index (χ3n) is 14.5. The van der Waals surface area contributed by atoms with Gasteiger partial charge < -0.3 is 14.7 Å². The van der Waals surface area contributed by atoms with Gasteiger partial charge in [0, 0.05) is 66.4 Å². The van der Waals surface area contributed by atoms with Gasteiger partial charge in [-0.25, -0.2) is 0 Å². The zero-order chi connectivity index (χ0) is 45.1. The predicted octanol–water partition coefficient (Wildman–Crippen LogP) is 14.4. The predicted molar refractivity (Wildman–Crippen MR) is 287 cm³/mol. The Morgan fingerprint density at radius 1 is 0.284 bits per heavy atom. The molecule has 0 saturated carbocycles. The molecule has 67 heavy (non-hydrogen) atoms. The maximum absolute atomic E-state index is 3.14. The quantitative estimate of drug-likeness (QED) is 0.154. The van der Waals surface area contributed by atoms with Crippen LogP contribution in [0.5, 0.6) is 0 Å². The molecule has 10 aromatic rings. The van der Waals surface area contributed by atoms with Gasteiger partial charge in [0.1, 0.15) is 0 Å². The molecule has 0 bridgehead atoms. The molecule has 3 aliphatic heterocycles. The maximum atomic E-state index is 2.66. The van der Waals surface area contributed by atoms with Crippen molar-refractivity contribution >= 4 is 90.8 Å². The van der Waals surface area contributed by atoms with E-state index in [1.165, 1.54) is 133 Å². The Kier molecular flexibility index (Phi) is 8.71. The van der Waals surface area contributed by atoms with Crippen LogP contribution in [0, 0.1) is 34.6 Å². The summed E-state index contributed by atoms with van der Waals surface area (Å²) in [6.07, 6.45) is 0. The van der Waals surface area contributed by atoms with E-state index in [4.69, 9.17) is 0 Å². The van der Waals surface area contributed by atoms with Crippen molar-refractivity contribution in [2.24, 2.45) is 0 Å². The fourth-order valence-corrected chi connectivity index (χ4v) is 17.5. The Morgan fingerprint density at radius 3 is 1.21 bits per heavy atom. The fraction of sp³-hybridized carbons (Fsp3) is 0.0794. The molecule has 0 aliphatic carbocycles. The first kappa shape index (κ1) is 39.4. The highest BCUT2D eigenvalue weighted by Gasteiger charge is 2.60. The van der Waals surface area contributed by atoms with Crippen LogP contribution in [0.3, 0.4) is 0 Å². The second-order valence-electron chi connectivity index (χ2n) is 19.0. The topological polar surface area (TPSA) is 9.72 Å². The van der Waals surface area contributed by atoms with E-state index in [9.17, 15) is 0 Å². The molecule has 320 valence electrons. The molecule has 0 N–H and O–H groups in total. The number of fused-ring (bicyclic) bond motifs is 1. The Hall–Kier alpha value is -7.92. The second-order valence-corrected chi connectivity index (χ2v) is 22.5. The van der Waals surface area contributed by atoms with E-state index in [-0.39, 0.29) is 0 Å². The van der Waals surface area contributed by atoms with Crippen molar-refractivity contribution < 1.29 is 0 Å². The fourth-order valence-electron chi connectivity index (χ4n) is 11.8. The van der Waals surface area contributed by atoms with Crippen LogP contribution < -0.4 is 35.4 Å². The lowest BCUT2D eigenvalue weighted by molar-refractivity contribution is 1.19. The van der Waals surface area contributed by atoms with E-state index in [1.807, 2.05) is 0 Å². The average molecular weight is 876 g/mol. The summed E-state index contributed by atoms with van der Waals surface area (Å²) in [6, 6.07) is 78.4. The first-order valence-electron chi connectivity index (χ1n) is 23.5. The SMILES string of the molecule is Cc1ccc(N2c3cc(C)cc4c3[Si]3(c5ccccc5)c5c2cc(C)cc5N(c2ccc(-c5cccc(-c6ccccc6)c5)c5ccccc25)c2cc(C)cc(c23)N4c2ccc(C)cc2)cc1. The van der Waals surface area contributed by atoms with Gasteiger partial charge in [0.05, 0.1) is 5.69 Å². The average Bonchev–Trinajstić information content (AvgIpc) is 3.35. The normalized spacial score (nSPS) is 13.8. The molecule has 0 saturated heterocycles. The minimum absolute atomic E-state index is 1.17. The van der Waals surface area contributed by atoms with E-state index in [1.54, 1.807) is 0 Å². The molecule has 0 fully saturated rings. The summed E-state index contributed by atoms with van der Waals surface area (Å²) in [5, 5.41) is 8.18. The highest BCUT2D eigenvalue weighted by molar-refractivity contribution is 7.24. The van der Waals surface area contributed by atoms with Crippen molar-refractivity contribution in [2.45, 2.75) is 34.6 Å². The van der Waals surface area contributed by atoms with Gasteiger partial charge in [-0.2, -0.15) is 0 Å². The lowest BCUT2D eigenvalue weighted by atomic mass is 9.93. The van der Waals surface area contributed by atoms with Crippen LogP contribution in [0.4, 0.5) is 51.2 Å². The number of hydrogen-bond acceptors (Lipinski definition) is 3. The van der Waals surface area contributed by atoms with Gasteiger partial charge in [-0.1, -0.05) is 145 Å². The number of anilines is 9. The molecule has 0 atom stereocenters. The number of benzene rings is 10. The minimum atomic E-state index is -3.14. The standard InChI is InChI=1S/C63H49N3Si/c1-40-23-27-48(28-24-40)64-55-33-42(3)34-56-61(55)67(50-19-10-7-11-20-50)62-57(64)35-43(4)37-59(62)66(60-38-44(5)36-58(63(60)67)65(56)49-29-25-41(2)26-30-49)54-32-31-51(52-21-12-13-22-53(52)54)47-18-14-17-46(39-47)45-15-8-6-9-16-45/h6-39H,1-5H3. The summed E-state index contributed by atoms with van der Waals surface area (Å²) in [5.74, 6) is 0. The molecule has 4 heteroatoms. The number of aryl methyl sites for hydroxylation is 5. The van der Waals surface area contributed by atoms with Crippen molar-refractivity contribution in [2.75, 3.05) is 14.7 Å². The lowest BCUT2D eigenvalue weighted by Crippen LogP contribution is -2.81. The van der Waals surface area contributed by atoms with Crippen LogP contribution in [-0.4, -0.2) is 8.07 Å². The van der Waals surface area contributed by atoms with Crippen molar-refractivity contribution in [3.05, 3.63) is 234 Å². The summed E-state index contributed by atoms with van der Waals surface area (Å²) in [4.78, 5) is 7.85. The molecule has 0 aromatic heterocycles. The van der Waals surface area contributed by atoms with E-state index < -0.39 is 8.07 Å². The zero-order valence-electron chi connectivity index (χ0n) is 38.5. The Balaban J connectivity index is 1.18. The Bertz CT molecular complexity index is 3500. The van der Waals surface area contributed by atoms with E-state index in [0.717, 1.165) is 0 Å². The Labute approximate surface area is 394 Å². The van der Waals surface area contributed by atoms with Crippen LogP contribution in [0.25, 0.3) is 33.0 Å². The van der Waals surface area contributed by atoms with Crippen LogP contribution >= 0.6 is 0 Å². The van der Waals surface area contributed by atoms with Gasteiger partial charge in [-0.3, -0.25) is 0 Å². The summed E-state index contributed by atoms with van der Waals surface area (Å²) >= 11 is 0. The van der Waals surface area contributed by atoms with Crippen LogP contribution in [-0.2, 0) is 0 Å². The number of nitrogens with zero attached hydrogens (tertiary/aromatic N) is 3.